The van der Waals surface area contributed by atoms with Crippen molar-refractivity contribution >= 4 is 5.97 Å². The molecule has 0 fully saturated rings. The van der Waals surface area contributed by atoms with E-state index < -0.39 is 11.8 Å². The Balaban J connectivity index is 1.83. The van der Waals surface area contributed by atoms with Gasteiger partial charge in [0.05, 0.1) is 0 Å². The third kappa shape index (κ3) is 3.85. The van der Waals surface area contributed by atoms with Gasteiger partial charge in [-0.25, -0.2) is 9.18 Å². The van der Waals surface area contributed by atoms with Gasteiger partial charge in [-0.05, 0) is 24.3 Å². The first-order chi connectivity index (χ1) is 10.1. The highest BCUT2D eigenvalue weighted by Crippen LogP contribution is 2.23. The lowest BCUT2D eigenvalue weighted by atomic mass is 10.2. The zero-order chi connectivity index (χ0) is 15.2. The first-order valence-corrected chi connectivity index (χ1v) is 6.14. The van der Waals surface area contributed by atoms with Crippen molar-refractivity contribution in [1.29, 1.82) is 0 Å². The summed E-state index contributed by atoms with van der Waals surface area (Å²) in [4.78, 5) is 11.7. The molecule has 2 aromatic rings. The number of benzene rings is 2. The topological polar surface area (TPSA) is 76.0 Å². The SMILES string of the molecule is O=C(OCCOc1ccccc1F)c1ccc(O)cc1O. The highest BCUT2D eigenvalue weighted by Gasteiger charge is 2.13. The summed E-state index contributed by atoms with van der Waals surface area (Å²) < 4.78 is 23.2. The number of halogens is 1. The molecule has 0 bridgehead atoms. The fourth-order valence-electron chi connectivity index (χ4n) is 1.62. The number of hydrogen-bond donors (Lipinski definition) is 2. The van der Waals surface area contributed by atoms with Crippen LogP contribution in [0.25, 0.3) is 0 Å². The molecule has 0 saturated carbocycles. The van der Waals surface area contributed by atoms with Crippen LogP contribution in [0.2, 0.25) is 0 Å². The molecular formula is C15H13FO5. The summed E-state index contributed by atoms with van der Waals surface area (Å²) in [7, 11) is 0. The van der Waals surface area contributed by atoms with Crippen molar-refractivity contribution in [2.24, 2.45) is 0 Å². The van der Waals surface area contributed by atoms with Crippen molar-refractivity contribution in [3.63, 3.8) is 0 Å². The summed E-state index contributed by atoms with van der Waals surface area (Å²) in [6.07, 6.45) is 0. The monoisotopic (exact) mass is 292 g/mol. The standard InChI is InChI=1S/C15H13FO5/c16-12-3-1-2-4-14(12)20-7-8-21-15(19)11-6-5-10(17)9-13(11)18/h1-6,9,17-18H,7-8H2. The van der Waals surface area contributed by atoms with Gasteiger partial charge in [-0.15, -0.1) is 0 Å². The van der Waals surface area contributed by atoms with Gasteiger partial charge in [0.1, 0.15) is 30.3 Å². The molecule has 5 nitrogen and oxygen atoms in total. The van der Waals surface area contributed by atoms with Crippen LogP contribution in [0.5, 0.6) is 17.2 Å². The molecule has 0 aliphatic heterocycles. The number of aromatic hydroxyl groups is 2. The van der Waals surface area contributed by atoms with Gasteiger partial charge >= 0.3 is 5.97 Å². The van der Waals surface area contributed by atoms with Gasteiger partial charge in [-0.3, -0.25) is 0 Å². The summed E-state index contributed by atoms with van der Waals surface area (Å²) in [6.45, 7) is -0.126. The maximum atomic E-state index is 13.2. The number of phenolic OH excluding ortho intramolecular Hbond substituents is 2. The van der Waals surface area contributed by atoms with Gasteiger partial charge in [0, 0.05) is 6.07 Å². The Morgan fingerprint density at radius 2 is 1.86 bits per heavy atom. The maximum Gasteiger partial charge on any atom is 0.342 e. The van der Waals surface area contributed by atoms with E-state index in [4.69, 9.17) is 14.6 Å². The second-order valence-electron chi connectivity index (χ2n) is 4.12. The van der Waals surface area contributed by atoms with Crippen molar-refractivity contribution in [3.05, 3.63) is 53.8 Å². The largest absolute Gasteiger partial charge is 0.508 e. The minimum absolute atomic E-state index is 0.0223. The summed E-state index contributed by atoms with van der Waals surface area (Å²) >= 11 is 0. The molecule has 0 radical (unpaired) electrons. The third-order valence-electron chi connectivity index (χ3n) is 2.61. The molecule has 0 heterocycles. The van der Waals surface area contributed by atoms with E-state index in [2.05, 4.69) is 0 Å². The fourth-order valence-corrected chi connectivity index (χ4v) is 1.62. The molecule has 2 N–H and O–H groups in total. The molecule has 0 aliphatic rings. The van der Waals surface area contributed by atoms with Crippen LogP contribution >= 0.6 is 0 Å². The van der Waals surface area contributed by atoms with Crippen molar-refractivity contribution in [2.75, 3.05) is 13.2 Å². The summed E-state index contributed by atoms with van der Waals surface area (Å²) in [6, 6.07) is 9.41. The van der Waals surface area contributed by atoms with Crippen LogP contribution in [-0.4, -0.2) is 29.4 Å². The fraction of sp³-hybridized carbons (Fsp3) is 0.133. The molecule has 0 unspecified atom stereocenters. The van der Waals surface area contributed by atoms with Gasteiger partial charge in [-0.2, -0.15) is 0 Å². The quantitative estimate of drug-likeness (QED) is 0.654. The Kier molecular flexibility index (Phi) is 4.61. The second-order valence-corrected chi connectivity index (χ2v) is 4.12. The average Bonchev–Trinajstić information content (AvgIpc) is 2.45. The number of phenols is 2. The van der Waals surface area contributed by atoms with Crippen molar-refractivity contribution in [3.8, 4) is 17.2 Å². The van der Waals surface area contributed by atoms with E-state index in [1.165, 1.54) is 30.3 Å². The highest BCUT2D eigenvalue weighted by molar-refractivity contribution is 5.92. The maximum absolute atomic E-state index is 13.2. The van der Waals surface area contributed by atoms with E-state index in [-0.39, 0.29) is 36.0 Å². The number of rotatable bonds is 5. The van der Waals surface area contributed by atoms with Crippen LogP contribution in [-0.2, 0) is 4.74 Å². The predicted octanol–water partition coefficient (Wildman–Crippen LogP) is 2.47. The Morgan fingerprint density at radius 3 is 2.57 bits per heavy atom. The van der Waals surface area contributed by atoms with Crippen LogP contribution in [0.15, 0.2) is 42.5 Å². The van der Waals surface area contributed by atoms with E-state index in [1.54, 1.807) is 6.07 Å². The summed E-state index contributed by atoms with van der Waals surface area (Å²) in [5.41, 5.74) is -0.0707. The molecule has 0 amide bonds. The number of ether oxygens (including phenoxy) is 2. The highest BCUT2D eigenvalue weighted by atomic mass is 19.1. The lowest BCUT2D eigenvalue weighted by Gasteiger charge is -2.08. The Labute approximate surface area is 120 Å². The number of para-hydroxylation sites is 1. The molecule has 0 aliphatic carbocycles. The zero-order valence-electron chi connectivity index (χ0n) is 11.0. The van der Waals surface area contributed by atoms with E-state index in [9.17, 15) is 14.3 Å². The zero-order valence-corrected chi connectivity index (χ0v) is 11.0. The Hall–Kier alpha value is -2.76. The van der Waals surface area contributed by atoms with E-state index in [0.29, 0.717) is 0 Å². The molecule has 6 heteroatoms. The predicted molar refractivity (Wildman–Crippen MR) is 71.9 cm³/mol. The van der Waals surface area contributed by atoms with Crippen LogP contribution in [0, 0.1) is 5.82 Å². The van der Waals surface area contributed by atoms with Crippen LogP contribution in [0.3, 0.4) is 0 Å². The first kappa shape index (κ1) is 14.6. The molecule has 0 atom stereocenters. The summed E-state index contributed by atoms with van der Waals surface area (Å²) in [5, 5.41) is 18.6. The smallest absolute Gasteiger partial charge is 0.342 e. The molecular weight excluding hydrogens is 279 g/mol. The van der Waals surface area contributed by atoms with Gasteiger partial charge in [0.25, 0.3) is 0 Å². The lowest BCUT2D eigenvalue weighted by molar-refractivity contribution is 0.0445. The van der Waals surface area contributed by atoms with Gasteiger partial charge < -0.3 is 19.7 Å². The number of carbonyl (C=O) groups excluding carboxylic acids is 1. The second kappa shape index (κ2) is 6.60. The molecule has 110 valence electrons. The number of hydrogen-bond acceptors (Lipinski definition) is 5. The lowest BCUT2D eigenvalue weighted by Crippen LogP contribution is -2.12. The minimum Gasteiger partial charge on any atom is -0.508 e. The molecule has 2 rings (SSSR count). The molecule has 21 heavy (non-hydrogen) atoms. The molecule has 2 aromatic carbocycles. The Morgan fingerprint density at radius 1 is 1.10 bits per heavy atom. The number of carbonyl (C=O) groups is 1. The van der Waals surface area contributed by atoms with Gasteiger partial charge in [0.15, 0.2) is 11.6 Å². The molecule has 0 aromatic heterocycles. The van der Waals surface area contributed by atoms with Crippen molar-refractivity contribution < 1.29 is 28.9 Å². The van der Waals surface area contributed by atoms with Crippen LogP contribution < -0.4 is 4.74 Å². The minimum atomic E-state index is -0.760. The Bertz CT molecular complexity index is 642. The van der Waals surface area contributed by atoms with Gasteiger partial charge in [-0.1, -0.05) is 12.1 Å². The van der Waals surface area contributed by atoms with Gasteiger partial charge in [0.2, 0.25) is 0 Å². The van der Waals surface area contributed by atoms with Crippen molar-refractivity contribution in [2.45, 2.75) is 0 Å². The van der Waals surface area contributed by atoms with Crippen molar-refractivity contribution in [1.82, 2.24) is 0 Å². The molecule has 0 saturated heterocycles. The van der Waals surface area contributed by atoms with E-state index in [1.807, 2.05) is 0 Å². The van der Waals surface area contributed by atoms with E-state index >= 15 is 0 Å². The van der Waals surface area contributed by atoms with Crippen LogP contribution in [0.1, 0.15) is 10.4 Å². The molecule has 0 spiro atoms. The van der Waals surface area contributed by atoms with E-state index in [0.717, 1.165) is 6.07 Å². The first-order valence-electron chi connectivity index (χ1n) is 6.14. The van der Waals surface area contributed by atoms with Crippen LogP contribution in [0.4, 0.5) is 4.39 Å². The number of esters is 1. The average molecular weight is 292 g/mol. The normalized spacial score (nSPS) is 10.1. The third-order valence-corrected chi connectivity index (χ3v) is 2.61. The summed E-state index contributed by atoms with van der Waals surface area (Å²) in [5.74, 6) is -1.73.